The highest BCUT2D eigenvalue weighted by Gasteiger charge is 2.40. The number of alkyl carbamates (subject to hydrolysis) is 1. The summed E-state index contributed by atoms with van der Waals surface area (Å²) in [5.74, 6) is -3.07. The number of likely N-dealkylation sites (tertiary alicyclic amines) is 1. The molecule has 2 rings (SSSR count). The van der Waals surface area contributed by atoms with Crippen LogP contribution in [0.4, 0.5) is 4.79 Å². The molecule has 1 aliphatic rings. The fourth-order valence-corrected chi connectivity index (χ4v) is 5.38. The second-order valence-electron chi connectivity index (χ2n) is 14.3. The average molecular weight is 662 g/mol. The number of hydrogen-bond acceptors (Lipinski definition) is 9. The molecule has 0 aliphatic carbocycles. The number of esters is 2. The maximum atomic E-state index is 13.8. The number of aliphatic hydroxyl groups is 1. The zero-order valence-electron chi connectivity index (χ0n) is 29.4. The van der Waals surface area contributed by atoms with Crippen molar-refractivity contribution >= 4 is 29.8 Å². The average Bonchev–Trinajstić information content (AvgIpc) is 3.46. The van der Waals surface area contributed by atoms with Gasteiger partial charge >= 0.3 is 18.0 Å². The van der Waals surface area contributed by atoms with Gasteiger partial charge in [-0.1, -0.05) is 71.9 Å². The smallest absolute Gasteiger partial charge is 0.407 e. The summed E-state index contributed by atoms with van der Waals surface area (Å²) in [5, 5.41) is 16.2. The van der Waals surface area contributed by atoms with Crippen molar-refractivity contribution in [2.45, 2.75) is 131 Å². The maximum Gasteiger partial charge on any atom is 0.407 e. The molecule has 0 spiro atoms. The van der Waals surface area contributed by atoms with E-state index < -0.39 is 78.1 Å². The molecule has 1 aromatic carbocycles. The molecule has 3 N–H and O–H groups in total. The molecule has 1 aliphatic heterocycles. The Morgan fingerprint density at radius 3 is 2.15 bits per heavy atom. The van der Waals surface area contributed by atoms with Gasteiger partial charge in [0, 0.05) is 6.54 Å². The molecule has 12 heteroatoms. The van der Waals surface area contributed by atoms with Crippen molar-refractivity contribution in [1.82, 2.24) is 15.5 Å². The van der Waals surface area contributed by atoms with Crippen LogP contribution in [-0.4, -0.2) is 82.3 Å². The summed E-state index contributed by atoms with van der Waals surface area (Å²) in [6.07, 6.45) is -2.40. The van der Waals surface area contributed by atoms with E-state index in [1.807, 2.05) is 44.2 Å². The molecular weight excluding hydrogens is 606 g/mol. The normalized spacial score (nSPS) is 17.6. The molecule has 1 heterocycles. The number of carbonyl (C=O) groups is 5. The van der Waals surface area contributed by atoms with Gasteiger partial charge in [0.25, 0.3) is 5.91 Å². The van der Waals surface area contributed by atoms with Crippen LogP contribution in [0.5, 0.6) is 0 Å². The van der Waals surface area contributed by atoms with Crippen LogP contribution < -0.4 is 10.6 Å². The van der Waals surface area contributed by atoms with Gasteiger partial charge < -0.3 is 34.9 Å². The first kappa shape index (κ1) is 39.5. The van der Waals surface area contributed by atoms with E-state index in [4.69, 9.17) is 14.2 Å². The molecule has 1 fully saturated rings. The number of carbonyl (C=O) groups excluding carboxylic acids is 5. The molecule has 0 aromatic heterocycles. The quantitative estimate of drug-likeness (QED) is 0.186. The molecule has 0 bridgehead atoms. The van der Waals surface area contributed by atoms with Crippen molar-refractivity contribution in [3.8, 4) is 0 Å². The lowest BCUT2D eigenvalue weighted by atomic mass is 9.96. The number of aliphatic hydroxyl groups excluding tert-OH is 1. The SMILES string of the molecule is CC(C)C[C@H](NC(=O)[C@@H](OC(=O)C[C@H](O)[C@H](NC(=O)OC(C)(C)C)C(C)C)C(C)C)C(=O)N1CCC[C@H]1C(=O)OCc1ccccc1. The van der Waals surface area contributed by atoms with Crippen molar-refractivity contribution in [2.24, 2.45) is 17.8 Å². The highest BCUT2D eigenvalue weighted by atomic mass is 16.6. The van der Waals surface area contributed by atoms with E-state index >= 15 is 0 Å². The Balaban J connectivity index is 2.09. The summed E-state index contributed by atoms with van der Waals surface area (Å²) in [7, 11) is 0. The van der Waals surface area contributed by atoms with E-state index in [2.05, 4.69) is 10.6 Å². The number of nitrogens with zero attached hydrogens (tertiary/aromatic N) is 1. The van der Waals surface area contributed by atoms with Crippen LogP contribution in [0, 0.1) is 17.8 Å². The molecule has 12 nitrogen and oxygen atoms in total. The predicted octanol–water partition coefficient (Wildman–Crippen LogP) is 4.12. The molecule has 1 aromatic rings. The Morgan fingerprint density at radius 2 is 1.60 bits per heavy atom. The first-order chi connectivity index (χ1) is 21.9. The minimum absolute atomic E-state index is 0.0240. The standard InChI is InChI=1S/C35H55N3O9/c1-21(2)18-25(32(42)38-17-13-16-26(38)33(43)45-20-24-14-11-10-12-15-24)36-31(41)30(23(5)6)46-28(40)19-27(39)29(22(3)4)37-34(44)47-35(7,8)9/h10-12,14-15,21-23,25-27,29-30,39H,13,16-20H2,1-9H3,(H,36,41)(H,37,44)/t25-,26-,27-,29+,30-/m0/s1. The number of benzene rings is 1. The topological polar surface area (TPSA) is 161 Å². The van der Waals surface area contributed by atoms with Gasteiger partial charge in [0.2, 0.25) is 5.91 Å². The Hall–Kier alpha value is -3.67. The molecule has 3 amide bonds. The van der Waals surface area contributed by atoms with Gasteiger partial charge in [-0.05, 0) is 63.4 Å². The van der Waals surface area contributed by atoms with Crippen LogP contribution >= 0.6 is 0 Å². The van der Waals surface area contributed by atoms with E-state index in [0.717, 1.165) is 5.56 Å². The van der Waals surface area contributed by atoms with Gasteiger partial charge in [0.05, 0.1) is 18.6 Å². The lowest BCUT2D eigenvalue weighted by Gasteiger charge is -2.31. The molecule has 47 heavy (non-hydrogen) atoms. The highest BCUT2D eigenvalue weighted by molar-refractivity contribution is 5.93. The van der Waals surface area contributed by atoms with E-state index in [9.17, 15) is 29.1 Å². The van der Waals surface area contributed by atoms with Crippen LogP contribution in [0.2, 0.25) is 0 Å². The van der Waals surface area contributed by atoms with Crippen molar-refractivity contribution in [3.63, 3.8) is 0 Å². The summed E-state index contributed by atoms with van der Waals surface area (Å²) >= 11 is 0. The van der Waals surface area contributed by atoms with E-state index in [1.54, 1.807) is 48.5 Å². The molecule has 0 unspecified atom stereocenters. The molecule has 264 valence electrons. The van der Waals surface area contributed by atoms with Gasteiger partial charge in [0.1, 0.15) is 24.3 Å². The van der Waals surface area contributed by atoms with Gasteiger partial charge in [-0.2, -0.15) is 0 Å². The minimum Gasteiger partial charge on any atom is -0.459 e. The number of nitrogens with one attached hydrogen (secondary N) is 2. The Labute approximate surface area is 279 Å². The number of hydrogen-bond donors (Lipinski definition) is 3. The predicted molar refractivity (Wildman–Crippen MR) is 176 cm³/mol. The third kappa shape index (κ3) is 13.2. The fourth-order valence-electron chi connectivity index (χ4n) is 5.38. The monoisotopic (exact) mass is 661 g/mol. The molecule has 1 saturated heterocycles. The largest absolute Gasteiger partial charge is 0.459 e. The van der Waals surface area contributed by atoms with Gasteiger partial charge in [-0.25, -0.2) is 9.59 Å². The van der Waals surface area contributed by atoms with E-state index in [1.165, 1.54) is 4.90 Å². The van der Waals surface area contributed by atoms with Crippen LogP contribution in [0.3, 0.4) is 0 Å². The summed E-state index contributed by atoms with van der Waals surface area (Å²) in [6.45, 7) is 16.4. The van der Waals surface area contributed by atoms with Crippen LogP contribution in [0.15, 0.2) is 30.3 Å². The van der Waals surface area contributed by atoms with Crippen LogP contribution in [0.25, 0.3) is 0 Å². The first-order valence-electron chi connectivity index (χ1n) is 16.6. The molecule has 0 saturated carbocycles. The second-order valence-corrected chi connectivity index (χ2v) is 14.3. The minimum atomic E-state index is -1.31. The Morgan fingerprint density at radius 1 is 0.957 bits per heavy atom. The number of ether oxygens (including phenoxy) is 3. The van der Waals surface area contributed by atoms with Crippen molar-refractivity contribution in [1.29, 1.82) is 0 Å². The third-order valence-electron chi connectivity index (χ3n) is 7.67. The third-order valence-corrected chi connectivity index (χ3v) is 7.67. The molecular formula is C35H55N3O9. The second kappa shape index (κ2) is 18.0. The summed E-state index contributed by atoms with van der Waals surface area (Å²) in [4.78, 5) is 67.1. The lowest BCUT2D eigenvalue weighted by molar-refractivity contribution is -0.162. The highest BCUT2D eigenvalue weighted by Crippen LogP contribution is 2.23. The Bertz CT molecular complexity index is 1200. The van der Waals surface area contributed by atoms with Crippen molar-refractivity contribution in [3.05, 3.63) is 35.9 Å². The zero-order valence-corrected chi connectivity index (χ0v) is 29.4. The summed E-state index contributed by atoms with van der Waals surface area (Å²) in [6, 6.07) is 6.73. The maximum absolute atomic E-state index is 13.8. The Kier molecular flexibility index (Phi) is 15.2. The van der Waals surface area contributed by atoms with E-state index in [0.29, 0.717) is 25.8 Å². The van der Waals surface area contributed by atoms with Gasteiger partial charge in [-0.3, -0.25) is 14.4 Å². The number of rotatable bonds is 15. The molecule has 0 radical (unpaired) electrons. The van der Waals surface area contributed by atoms with Crippen LogP contribution in [-0.2, 0) is 40.0 Å². The summed E-state index contributed by atoms with van der Waals surface area (Å²) < 4.78 is 16.4. The summed E-state index contributed by atoms with van der Waals surface area (Å²) in [5.41, 5.74) is 0.0891. The molecule has 5 atom stereocenters. The number of amides is 3. The van der Waals surface area contributed by atoms with Crippen molar-refractivity contribution < 1.29 is 43.3 Å². The van der Waals surface area contributed by atoms with Gasteiger partial charge in [-0.15, -0.1) is 0 Å². The van der Waals surface area contributed by atoms with E-state index in [-0.39, 0.29) is 18.4 Å². The van der Waals surface area contributed by atoms with Crippen molar-refractivity contribution in [2.75, 3.05) is 6.54 Å². The lowest BCUT2D eigenvalue weighted by Crippen LogP contribution is -2.55. The fraction of sp³-hybridized carbons (Fsp3) is 0.686. The first-order valence-corrected chi connectivity index (χ1v) is 16.6. The van der Waals surface area contributed by atoms with Gasteiger partial charge in [0.15, 0.2) is 6.10 Å². The van der Waals surface area contributed by atoms with Crippen LogP contribution in [0.1, 0.15) is 93.6 Å². The zero-order chi connectivity index (χ0) is 35.5.